The smallest absolute Gasteiger partial charge is 0.254 e. The van der Waals surface area contributed by atoms with Gasteiger partial charge in [0.2, 0.25) is 5.65 Å². The Balaban J connectivity index is 2.00. The summed E-state index contributed by atoms with van der Waals surface area (Å²) < 4.78 is 7.36. The van der Waals surface area contributed by atoms with Gasteiger partial charge in [0.05, 0.1) is 30.8 Å². The van der Waals surface area contributed by atoms with Gasteiger partial charge >= 0.3 is 0 Å². The van der Waals surface area contributed by atoms with Crippen LogP contribution in [0, 0.1) is 13.5 Å². The van der Waals surface area contributed by atoms with Crippen molar-refractivity contribution in [3.8, 4) is 28.3 Å². The first-order valence-electron chi connectivity index (χ1n) is 8.03. The van der Waals surface area contributed by atoms with E-state index in [1.807, 2.05) is 49.5 Å². The third-order valence-corrected chi connectivity index (χ3v) is 4.15. The number of aromatic nitrogens is 4. The van der Waals surface area contributed by atoms with Crippen LogP contribution in [0.3, 0.4) is 0 Å². The molecule has 6 heteroatoms. The largest absolute Gasteiger partial charge is 0.496 e. The lowest BCUT2D eigenvalue weighted by molar-refractivity contribution is 0.416. The van der Waals surface area contributed by atoms with E-state index in [9.17, 15) is 0 Å². The van der Waals surface area contributed by atoms with Gasteiger partial charge in [0, 0.05) is 23.5 Å². The van der Waals surface area contributed by atoms with Crippen LogP contribution in [-0.4, -0.2) is 26.5 Å². The molecule has 6 nitrogen and oxygen atoms in total. The van der Waals surface area contributed by atoms with Crippen molar-refractivity contribution in [3.63, 3.8) is 0 Å². The molecular formula is C20H15N5O. The maximum Gasteiger partial charge on any atom is 0.254 e. The second kappa shape index (κ2) is 6.30. The first kappa shape index (κ1) is 15.8. The van der Waals surface area contributed by atoms with Gasteiger partial charge in [-0.15, -0.1) is 0 Å². The molecule has 4 heterocycles. The van der Waals surface area contributed by atoms with Gasteiger partial charge in [-0.1, -0.05) is 12.6 Å². The molecule has 0 aromatic carbocycles. The summed E-state index contributed by atoms with van der Waals surface area (Å²) in [5, 5.41) is 0. The normalized spacial score (nSPS) is 10.7. The summed E-state index contributed by atoms with van der Waals surface area (Å²) in [6, 6.07) is 11.5. The van der Waals surface area contributed by atoms with E-state index in [4.69, 9.17) is 11.3 Å². The summed E-state index contributed by atoms with van der Waals surface area (Å²) in [6.45, 7) is 9.26. The third kappa shape index (κ3) is 2.56. The summed E-state index contributed by atoms with van der Waals surface area (Å²) >= 11 is 0. The Morgan fingerprint density at radius 1 is 1.12 bits per heavy atom. The monoisotopic (exact) mass is 341 g/mol. The van der Waals surface area contributed by atoms with Crippen molar-refractivity contribution in [2.45, 2.75) is 6.92 Å². The summed E-state index contributed by atoms with van der Waals surface area (Å²) in [7, 11) is 1.63. The zero-order chi connectivity index (χ0) is 18.1. The van der Waals surface area contributed by atoms with Crippen LogP contribution in [0.4, 0.5) is 5.82 Å². The van der Waals surface area contributed by atoms with Crippen LogP contribution in [0.5, 0.6) is 5.75 Å². The lowest BCUT2D eigenvalue weighted by atomic mass is 10.0. The molecule has 0 saturated heterocycles. The fourth-order valence-corrected chi connectivity index (χ4v) is 2.96. The Bertz CT molecular complexity index is 1160. The maximum atomic E-state index is 7.31. The number of rotatable bonds is 3. The first-order chi connectivity index (χ1) is 12.7. The number of fused-ring (bicyclic) bond motifs is 1. The molecule has 0 bridgehead atoms. The van der Waals surface area contributed by atoms with E-state index in [0.717, 1.165) is 33.9 Å². The molecule has 0 N–H and O–H groups in total. The average molecular weight is 341 g/mol. The Morgan fingerprint density at radius 2 is 2.00 bits per heavy atom. The molecule has 0 radical (unpaired) electrons. The Kier molecular flexibility index (Phi) is 3.82. The standard InChI is InChI=1S/C20H15N5O/c1-13-5-4-6-15(24-13)20-19(16(26-3)9-10-22-20)14-7-8-17-23-11-18(21-2)25(17)12-14/h4-12H,1,3H3. The molecule has 4 rings (SSSR count). The molecule has 0 spiro atoms. The minimum Gasteiger partial charge on any atom is -0.496 e. The molecule has 4 aromatic heterocycles. The van der Waals surface area contributed by atoms with Gasteiger partial charge < -0.3 is 9.58 Å². The summed E-state index contributed by atoms with van der Waals surface area (Å²) in [4.78, 5) is 16.9. The van der Waals surface area contributed by atoms with Crippen LogP contribution in [0.15, 0.2) is 55.0 Å². The molecule has 26 heavy (non-hydrogen) atoms. The molecule has 0 aliphatic carbocycles. The van der Waals surface area contributed by atoms with Crippen molar-refractivity contribution in [2.75, 3.05) is 7.11 Å². The summed E-state index contributed by atoms with van der Waals surface area (Å²) in [6.07, 6.45) is 5.16. The molecule has 0 fully saturated rings. The predicted octanol–water partition coefficient (Wildman–Crippen LogP) is 4.33. The van der Waals surface area contributed by atoms with Crippen molar-refractivity contribution >= 4 is 11.5 Å². The number of nitrogens with zero attached hydrogens (tertiary/aromatic N) is 5. The van der Waals surface area contributed by atoms with Gasteiger partial charge in [0.25, 0.3) is 5.82 Å². The Morgan fingerprint density at radius 3 is 2.77 bits per heavy atom. The topological polar surface area (TPSA) is 56.7 Å². The maximum absolute atomic E-state index is 7.31. The highest BCUT2D eigenvalue weighted by Gasteiger charge is 2.18. The van der Waals surface area contributed by atoms with Crippen molar-refractivity contribution in [3.05, 3.63) is 72.1 Å². The van der Waals surface area contributed by atoms with E-state index < -0.39 is 0 Å². The van der Waals surface area contributed by atoms with Crippen LogP contribution in [0.25, 0.3) is 33.0 Å². The van der Waals surface area contributed by atoms with Gasteiger partial charge in [-0.05, 0) is 31.2 Å². The Labute approximate surface area is 150 Å². The molecule has 126 valence electrons. The van der Waals surface area contributed by atoms with Crippen LogP contribution >= 0.6 is 0 Å². The quantitative estimate of drug-likeness (QED) is 0.521. The number of ether oxygens (including phenoxy) is 1. The van der Waals surface area contributed by atoms with E-state index in [2.05, 4.69) is 19.8 Å². The number of hydrogen-bond donors (Lipinski definition) is 0. The molecule has 0 unspecified atom stereocenters. The zero-order valence-electron chi connectivity index (χ0n) is 14.3. The van der Waals surface area contributed by atoms with E-state index in [0.29, 0.717) is 11.6 Å². The molecule has 0 amide bonds. The van der Waals surface area contributed by atoms with Crippen LogP contribution < -0.4 is 4.74 Å². The fourth-order valence-electron chi connectivity index (χ4n) is 2.96. The van der Waals surface area contributed by atoms with Crippen molar-refractivity contribution in [2.24, 2.45) is 0 Å². The number of pyridine rings is 3. The highest BCUT2D eigenvalue weighted by atomic mass is 16.5. The summed E-state index contributed by atoms with van der Waals surface area (Å²) in [5.74, 6) is 1.15. The van der Waals surface area contributed by atoms with Gasteiger partial charge in [-0.25, -0.2) is 9.38 Å². The minimum absolute atomic E-state index is 0.458. The van der Waals surface area contributed by atoms with E-state index in [1.165, 1.54) is 0 Å². The number of imidazole rings is 1. The molecule has 0 aliphatic rings. The van der Waals surface area contributed by atoms with Crippen LogP contribution in [0.2, 0.25) is 0 Å². The van der Waals surface area contributed by atoms with Crippen molar-refractivity contribution < 1.29 is 4.74 Å². The van der Waals surface area contributed by atoms with Crippen LogP contribution in [0.1, 0.15) is 5.69 Å². The number of aryl methyl sites for hydroxylation is 1. The van der Waals surface area contributed by atoms with Gasteiger partial charge in [-0.3, -0.25) is 9.97 Å². The first-order valence-corrected chi connectivity index (χ1v) is 8.03. The molecular weight excluding hydrogens is 326 g/mol. The van der Waals surface area contributed by atoms with Gasteiger partial charge in [0.15, 0.2) is 0 Å². The highest BCUT2D eigenvalue weighted by Crippen LogP contribution is 2.37. The molecule has 0 saturated carbocycles. The average Bonchev–Trinajstić information content (AvgIpc) is 3.09. The second-order valence-corrected chi connectivity index (χ2v) is 5.78. The second-order valence-electron chi connectivity index (χ2n) is 5.78. The molecule has 0 aliphatic heterocycles. The third-order valence-electron chi connectivity index (χ3n) is 4.15. The molecule has 4 aromatic rings. The minimum atomic E-state index is 0.458. The van der Waals surface area contributed by atoms with E-state index >= 15 is 0 Å². The number of hydrogen-bond acceptors (Lipinski definition) is 4. The lowest BCUT2D eigenvalue weighted by Gasteiger charge is -2.13. The lowest BCUT2D eigenvalue weighted by Crippen LogP contribution is -1.97. The van der Waals surface area contributed by atoms with Crippen molar-refractivity contribution in [1.82, 2.24) is 19.4 Å². The van der Waals surface area contributed by atoms with Gasteiger partial charge in [-0.2, -0.15) is 0 Å². The predicted molar refractivity (Wildman–Crippen MR) is 99.2 cm³/mol. The molecule has 0 atom stereocenters. The number of methoxy groups -OCH3 is 1. The summed E-state index contributed by atoms with van der Waals surface area (Å²) in [5.41, 5.74) is 4.85. The van der Waals surface area contributed by atoms with Gasteiger partial charge in [0.1, 0.15) is 11.4 Å². The SMILES string of the molecule is [C-]#[N+]c1cnc2ccc(-c3c(OC)ccnc3-c3cccc(C)n3)cn12. The van der Waals surface area contributed by atoms with Crippen molar-refractivity contribution in [1.29, 1.82) is 0 Å². The Hall–Kier alpha value is -3.72. The van der Waals surface area contributed by atoms with Crippen LogP contribution in [-0.2, 0) is 0 Å². The zero-order valence-corrected chi connectivity index (χ0v) is 14.3. The fraction of sp³-hybridized carbons (Fsp3) is 0.100. The van der Waals surface area contributed by atoms with E-state index in [1.54, 1.807) is 23.9 Å². The van der Waals surface area contributed by atoms with E-state index in [-0.39, 0.29) is 0 Å². The highest BCUT2D eigenvalue weighted by molar-refractivity contribution is 5.84.